The lowest BCUT2D eigenvalue weighted by molar-refractivity contribution is -0.534. The molecule has 2 aliphatic heterocycles. The van der Waals surface area contributed by atoms with Gasteiger partial charge in [0.05, 0.1) is 12.5 Å². The van der Waals surface area contributed by atoms with Gasteiger partial charge in [-0.1, -0.05) is 54.6 Å². The molecule has 0 radical (unpaired) electrons. The molecule has 2 aliphatic rings. The zero-order valence-corrected chi connectivity index (χ0v) is 19.6. The maximum absolute atomic E-state index is 13.3. The molecule has 5 rings (SSSR count). The molecule has 0 unspecified atom stereocenters. The van der Waals surface area contributed by atoms with Gasteiger partial charge in [0.25, 0.3) is 11.9 Å². The minimum atomic E-state index is -1.38. The Kier molecular flexibility index (Phi) is 5.90. The number of ether oxygens (including phenoxy) is 2. The van der Waals surface area contributed by atoms with Crippen molar-refractivity contribution in [3.8, 4) is 11.5 Å². The van der Waals surface area contributed by atoms with Crippen molar-refractivity contribution >= 4 is 11.6 Å². The zero-order chi connectivity index (χ0) is 24.6. The number of fused-ring (bicyclic) bond motifs is 2. The van der Waals surface area contributed by atoms with Crippen LogP contribution in [0, 0.1) is 10.1 Å². The highest BCUT2D eigenvalue weighted by Crippen LogP contribution is 2.52. The van der Waals surface area contributed by atoms with Crippen molar-refractivity contribution in [1.82, 2.24) is 4.90 Å². The van der Waals surface area contributed by atoms with Gasteiger partial charge in [-0.2, -0.15) is 0 Å². The highest BCUT2D eigenvalue weighted by atomic mass is 16.6. The molecule has 0 bridgehead atoms. The molecule has 3 atom stereocenters. The molecular formula is C27H27N3O5. The second-order valence-electron chi connectivity index (χ2n) is 8.90. The number of nitrogens with one attached hydrogen (secondary N) is 1. The molecule has 1 saturated heterocycles. The number of nitro groups is 1. The average molecular weight is 474 g/mol. The number of amides is 1. The van der Waals surface area contributed by atoms with Crippen molar-refractivity contribution in [2.24, 2.45) is 0 Å². The van der Waals surface area contributed by atoms with Gasteiger partial charge >= 0.3 is 0 Å². The van der Waals surface area contributed by atoms with Crippen molar-refractivity contribution < 1.29 is 19.2 Å². The first kappa shape index (κ1) is 22.9. The van der Waals surface area contributed by atoms with Crippen LogP contribution >= 0.6 is 0 Å². The molecule has 3 aromatic carbocycles. The van der Waals surface area contributed by atoms with Crippen molar-refractivity contribution in [2.75, 3.05) is 25.5 Å². The molecule has 1 amide bonds. The third-order valence-electron chi connectivity index (χ3n) is 6.97. The van der Waals surface area contributed by atoms with E-state index in [0.717, 1.165) is 11.1 Å². The number of carbonyl (C=O) groups excluding carboxylic acids is 1. The van der Waals surface area contributed by atoms with Crippen LogP contribution in [-0.4, -0.2) is 42.0 Å². The van der Waals surface area contributed by atoms with Crippen molar-refractivity contribution in [3.05, 3.63) is 99.6 Å². The second-order valence-corrected chi connectivity index (χ2v) is 8.90. The van der Waals surface area contributed by atoms with Gasteiger partial charge in [-0.05, 0) is 43.3 Å². The van der Waals surface area contributed by atoms with E-state index in [9.17, 15) is 14.9 Å². The van der Waals surface area contributed by atoms with Crippen LogP contribution in [0.5, 0.6) is 11.5 Å². The quantitative estimate of drug-likeness (QED) is 0.409. The van der Waals surface area contributed by atoms with Gasteiger partial charge in [0.15, 0.2) is 17.0 Å². The van der Waals surface area contributed by atoms with Crippen LogP contribution in [0.3, 0.4) is 0 Å². The summed E-state index contributed by atoms with van der Waals surface area (Å²) in [6.07, 6.45) is 0. The second kappa shape index (κ2) is 9.03. The number of likely N-dealkylation sites (tertiary alicyclic amines) is 1. The van der Waals surface area contributed by atoms with Gasteiger partial charge in [0.2, 0.25) is 0 Å². The van der Waals surface area contributed by atoms with Gasteiger partial charge in [0, 0.05) is 22.7 Å². The minimum absolute atomic E-state index is 0.310. The van der Waals surface area contributed by atoms with Crippen LogP contribution in [0.25, 0.3) is 0 Å². The van der Waals surface area contributed by atoms with Gasteiger partial charge in [0.1, 0.15) is 6.61 Å². The summed E-state index contributed by atoms with van der Waals surface area (Å²) >= 11 is 0. The normalized spacial score (nSPS) is 23.2. The summed E-state index contributed by atoms with van der Waals surface area (Å²) in [6.45, 7) is 3.03. The highest BCUT2D eigenvalue weighted by Gasteiger charge is 2.68. The Morgan fingerprint density at radius 1 is 1.06 bits per heavy atom. The van der Waals surface area contributed by atoms with Gasteiger partial charge in [-0.3, -0.25) is 19.8 Å². The number of para-hydroxylation sites is 1. The fraction of sp³-hybridized carbons (Fsp3) is 0.296. The summed E-state index contributed by atoms with van der Waals surface area (Å²) in [6, 6.07) is 21.3. The number of anilines is 1. The summed E-state index contributed by atoms with van der Waals surface area (Å²) in [4.78, 5) is 27.3. The molecule has 1 fully saturated rings. The van der Waals surface area contributed by atoms with Crippen LogP contribution in [0.4, 0.5) is 5.69 Å². The van der Waals surface area contributed by atoms with Gasteiger partial charge in [-0.25, -0.2) is 0 Å². The first-order valence-electron chi connectivity index (χ1n) is 11.7. The van der Waals surface area contributed by atoms with E-state index in [1.54, 1.807) is 25.2 Å². The zero-order valence-electron chi connectivity index (χ0n) is 19.6. The minimum Gasteiger partial charge on any atom is -0.490 e. The van der Waals surface area contributed by atoms with Gasteiger partial charge in [-0.15, -0.1) is 0 Å². The summed E-state index contributed by atoms with van der Waals surface area (Å²) in [5.74, 6) is 0.220. The van der Waals surface area contributed by atoms with Gasteiger partial charge < -0.3 is 14.8 Å². The predicted molar refractivity (Wildman–Crippen MR) is 131 cm³/mol. The number of carbonyl (C=O) groups is 1. The summed E-state index contributed by atoms with van der Waals surface area (Å²) < 4.78 is 11.9. The molecule has 1 spiro atoms. The topological polar surface area (TPSA) is 93.9 Å². The van der Waals surface area contributed by atoms with E-state index in [4.69, 9.17) is 9.47 Å². The predicted octanol–water partition coefficient (Wildman–Crippen LogP) is 4.19. The summed E-state index contributed by atoms with van der Waals surface area (Å²) in [5, 5.41) is 15.4. The van der Waals surface area contributed by atoms with Crippen LogP contribution in [0.15, 0.2) is 72.8 Å². The smallest absolute Gasteiger partial charge is 0.256 e. The van der Waals surface area contributed by atoms with E-state index in [-0.39, 0.29) is 10.8 Å². The van der Waals surface area contributed by atoms with Crippen molar-refractivity contribution in [2.45, 2.75) is 31.0 Å². The molecule has 0 aliphatic carbocycles. The molecule has 0 aromatic heterocycles. The Hall–Kier alpha value is -3.91. The molecule has 180 valence electrons. The maximum atomic E-state index is 13.3. The lowest BCUT2D eigenvalue weighted by atomic mass is 9.79. The van der Waals surface area contributed by atoms with E-state index in [0.29, 0.717) is 42.5 Å². The molecular weight excluding hydrogens is 446 g/mol. The Bertz CT molecular complexity index is 1260. The van der Waals surface area contributed by atoms with E-state index in [1.165, 1.54) is 0 Å². The third-order valence-corrected chi connectivity index (χ3v) is 6.97. The number of nitrogens with zero attached hydrogens (tertiary/aromatic N) is 2. The number of hydrogen-bond donors (Lipinski definition) is 1. The van der Waals surface area contributed by atoms with E-state index in [2.05, 4.69) is 5.32 Å². The highest BCUT2D eigenvalue weighted by molar-refractivity contribution is 6.06. The van der Waals surface area contributed by atoms with Crippen LogP contribution in [0.1, 0.15) is 29.5 Å². The number of benzene rings is 3. The lowest BCUT2D eigenvalue weighted by Gasteiger charge is -2.30. The van der Waals surface area contributed by atoms with Crippen molar-refractivity contribution in [3.63, 3.8) is 0 Å². The molecule has 3 aromatic rings. The number of rotatable bonds is 7. The summed E-state index contributed by atoms with van der Waals surface area (Å²) in [5.41, 5.74) is 1.65. The standard InChI is InChI=1S/C27H27N3O5/c1-3-34-24-15-19(13-14-23(24)35-17-18-9-5-4-6-10-18)20-16-29(2)27(25(20)30(32)33)21-11-7-8-12-22(21)28-26(27)31/h4-15,20,25H,3,16-17H2,1-2H3,(H,28,31)/t20-,25+,27+/m0/s1. The molecule has 35 heavy (non-hydrogen) atoms. The maximum Gasteiger partial charge on any atom is 0.256 e. The Labute approximate surface area is 203 Å². The number of likely N-dealkylation sites (N-methyl/N-ethyl adjacent to an activating group) is 1. The van der Waals surface area contributed by atoms with Crippen LogP contribution in [0.2, 0.25) is 0 Å². The van der Waals surface area contributed by atoms with Crippen LogP contribution in [-0.2, 0) is 16.9 Å². The first-order valence-corrected chi connectivity index (χ1v) is 11.7. The SMILES string of the molecule is CCOc1cc([C@@H]2CN(C)[C@@]3(C(=O)Nc4ccccc43)[C@@H]2[N+](=O)[O-])ccc1OCc1ccccc1. The molecule has 1 N–H and O–H groups in total. The Morgan fingerprint density at radius 3 is 2.54 bits per heavy atom. The average Bonchev–Trinajstić information content (AvgIpc) is 3.34. The Balaban J connectivity index is 1.51. The van der Waals surface area contributed by atoms with E-state index >= 15 is 0 Å². The number of hydrogen-bond acceptors (Lipinski definition) is 6. The summed E-state index contributed by atoms with van der Waals surface area (Å²) in [7, 11) is 1.78. The lowest BCUT2D eigenvalue weighted by Crippen LogP contribution is -2.54. The largest absolute Gasteiger partial charge is 0.490 e. The monoisotopic (exact) mass is 473 g/mol. The fourth-order valence-electron chi connectivity index (χ4n) is 5.46. The first-order chi connectivity index (χ1) is 17.0. The third kappa shape index (κ3) is 3.70. The van der Waals surface area contributed by atoms with Crippen molar-refractivity contribution in [1.29, 1.82) is 0 Å². The van der Waals surface area contributed by atoms with E-state index in [1.807, 2.05) is 66.4 Å². The van der Waals surface area contributed by atoms with E-state index < -0.39 is 17.5 Å². The molecule has 2 heterocycles. The van der Waals surface area contributed by atoms with Crippen LogP contribution < -0.4 is 14.8 Å². The molecule has 0 saturated carbocycles. The molecule has 8 heteroatoms. The molecule has 8 nitrogen and oxygen atoms in total. The fourth-order valence-corrected chi connectivity index (χ4v) is 5.46. The Morgan fingerprint density at radius 2 is 1.80 bits per heavy atom.